The molecule has 2 fully saturated rings. The van der Waals surface area contributed by atoms with Crippen molar-refractivity contribution in [3.05, 3.63) is 34.5 Å². The van der Waals surface area contributed by atoms with E-state index < -0.39 is 0 Å². The highest BCUT2D eigenvalue weighted by molar-refractivity contribution is 7.08. The molecule has 3 heterocycles. The Kier molecular flexibility index (Phi) is 3.70. The third-order valence-electron chi connectivity index (χ3n) is 4.85. The van der Waals surface area contributed by atoms with Gasteiger partial charge in [0, 0.05) is 36.9 Å². The third-order valence-corrected chi connectivity index (χ3v) is 5.53. The van der Waals surface area contributed by atoms with Crippen molar-refractivity contribution in [3.8, 4) is 0 Å². The maximum absolute atomic E-state index is 12.2. The van der Waals surface area contributed by atoms with E-state index >= 15 is 0 Å². The first-order chi connectivity index (χ1) is 10.8. The summed E-state index contributed by atoms with van der Waals surface area (Å²) in [6.45, 7) is 1.68. The highest BCUT2D eigenvalue weighted by Crippen LogP contribution is 2.31. The molecule has 6 heteroatoms. The van der Waals surface area contributed by atoms with Gasteiger partial charge in [-0.2, -0.15) is 11.3 Å². The molecule has 0 unspecified atom stereocenters. The predicted molar refractivity (Wildman–Crippen MR) is 84.9 cm³/mol. The lowest BCUT2D eigenvalue weighted by Crippen LogP contribution is -2.50. The SMILES string of the molecule is O=C(c1ccsc1)N1CC(Cc2nncn2C2CCCC2)C1. The average molecular weight is 316 g/mol. The van der Waals surface area contributed by atoms with Crippen molar-refractivity contribution in [2.75, 3.05) is 13.1 Å². The fourth-order valence-corrected chi connectivity index (χ4v) is 4.22. The van der Waals surface area contributed by atoms with Gasteiger partial charge in [0.05, 0.1) is 5.56 Å². The molecule has 4 rings (SSSR count). The highest BCUT2D eigenvalue weighted by atomic mass is 32.1. The lowest BCUT2D eigenvalue weighted by Gasteiger charge is -2.39. The molecule has 2 aromatic rings. The van der Waals surface area contributed by atoms with Gasteiger partial charge < -0.3 is 9.47 Å². The molecule has 0 radical (unpaired) electrons. The maximum Gasteiger partial charge on any atom is 0.254 e. The Bertz CT molecular complexity index is 639. The average Bonchev–Trinajstić information content (AvgIpc) is 3.22. The number of hydrogen-bond donors (Lipinski definition) is 0. The number of rotatable bonds is 4. The first-order valence-corrected chi connectivity index (χ1v) is 8.95. The molecule has 1 amide bonds. The fraction of sp³-hybridized carbons (Fsp3) is 0.562. The summed E-state index contributed by atoms with van der Waals surface area (Å²) >= 11 is 1.57. The van der Waals surface area contributed by atoms with E-state index in [-0.39, 0.29) is 5.91 Å². The minimum atomic E-state index is 0.162. The van der Waals surface area contributed by atoms with Crippen LogP contribution >= 0.6 is 11.3 Å². The van der Waals surface area contributed by atoms with E-state index in [4.69, 9.17) is 0 Å². The number of amides is 1. The molecule has 0 aromatic carbocycles. The Balaban J connectivity index is 1.35. The van der Waals surface area contributed by atoms with Crippen molar-refractivity contribution >= 4 is 17.2 Å². The second-order valence-electron chi connectivity index (χ2n) is 6.39. The standard InChI is InChI=1S/C16H20N4OS/c21-16(13-5-6-22-10-13)19-8-12(9-19)7-15-18-17-11-20(15)14-3-1-2-4-14/h5-6,10-12,14H,1-4,7-9H2. The maximum atomic E-state index is 12.2. The normalized spacial score (nSPS) is 19.5. The summed E-state index contributed by atoms with van der Waals surface area (Å²) in [4.78, 5) is 14.1. The Labute approximate surface area is 134 Å². The highest BCUT2D eigenvalue weighted by Gasteiger charge is 2.33. The van der Waals surface area contributed by atoms with Crippen LogP contribution in [0, 0.1) is 5.92 Å². The van der Waals surface area contributed by atoms with Gasteiger partial charge in [-0.15, -0.1) is 10.2 Å². The van der Waals surface area contributed by atoms with Gasteiger partial charge in [-0.05, 0) is 24.3 Å². The summed E-state index contributed by atoms with van der Waals surface area (Å²) < 4.78 is 2.27. The number of carbonyl (C=O) groups is 1. The van der Waals surface area contributed by atoms with Crippen molar-refractivity contribution in [3.63, 3.8) is 0 Å². The number of nitrogens with zero attached hydrogens (tertiary/aromatic N) is 4. The summed E-state index contributed by atoms with van der Waals surface area (Å²) in [7, 11) is 0. The van der Waals surface area contributed by atoms with Crippen LogP contribution in [0.4, 0.5) is 0 Å². The van der Waals surface area contributed by atoms with E-state index in [2.05, 4.69) is 14.8 Å². The van der Waals surface area contributed by atoms with Crippen molar-refractivity contribution in [1.29, 1.82) is 0 Å². The fourth-order valence-electron chi connectivity index (χ4n) is 3.59. The van der Waals surface area contributed by atoms with Gasteiger partial charge >= 0.3 is 0 Å². The molecule has 1 aliphatic carbocycles. The number of carbonyl (C=O) groups excluding carboxylic acids is 1. The van der Waals surface area contributed by atoms with Crippen LogP contribution in [0.1, 0.15) is 47.9 Å². The lowest BCUT2D eigenvalue weighted by molar-refractivity contribution is 0.0496. The molecule has 0 atom stereocenters. The molecular weight excluding hydrogens is 296 g/mol. The topological polar surface area (TPSA) is 51.0 Å². The Morgan fingerprint density at radius 1 is 1.32 bits per heavy atom. The van der Waals surface area contributed by atoms with Gasteiger partial charge in [0.1, 0.15) is 12.2 Å². The van der Waals surface area contributed by atoms with Gasteiger partial charge in [-0.3, -0.25) is 4.79 Å². The smallest absolute Gasteiger partial charge is 0.254 e. The monoisotopic (exact) mass is 316 g/mol. The zero-order chi connectivity index (χ0) is 14.9. The van der Waals surface area contributed by atoms with Crippen molar-refractivity contribution in [2.24, 2.45) is 5.92 Å². The minimum absolute atomic E-state index is 0.162. The van der Waals surface area contributed by atoms with Crippen molar-refractivity contribution in [2.45, 2.75) is 38.1 Å². The van der Waals surface area contributed by atoms with Crippen LogP contribution in [-0.2, 0) is 6.42 Å². The van der Waals surface area contributed by atoms with Crippen LogP contribution in [0.5, 0.6) is 0 Å². The zero-order valence-corrected chi connectivity index (χ0v) is 13.3. The summed E-state index contributed by atoms with van der Waals surface area (Å²) in [5.41, 5.74) is 0.817. The molecule has 2 aromatic heterocycles. The van der Waals surface area contributed by atoms with E-state index in [1.54, 1.807) is 11.3 Å². The Morgan fingerprint density at radius 3 is 2.86 bits per heavy atom. The van der Waals surface area contributed by atoms with E-state index in [0.29, 0.717) is 12.0 Å². The Hall–Kier alpha value is -1.69. The largest absolute Gasteiger partial charge is 0.338 e. The summed E-state index contributed by atoms with van der Waals surface area (Å²) in [5.74, 6) is 1.78. The van der Waals surface area contributed by atoms with Crippen molar-refractivity contribution < 1.29 is 4.79 Å². The second kappa shape index (κ2) is 5.83. The molecule has 1 saturated heterocycles. The quantitative estimate of drug-likeness (QED) is 0.871. The Morgan fingerprint density at radius 2 is 2.14 bits per heavy atom. The van der Waals surface area contributed by atoms with Crippen LogP contribution in [0.3, 0.4) is 0 Å². The van der Waals surface area contributed by atoms with Crippen LogP contribution in [0.15, 0.2) is 23.2 Å². The lowest BCUT2D eigenvalue weighted by atomic mass is 9.95. The van der Waals surface area contributed by atoms with Crippen molar-refractivity contribution in [1.82, 2.24) is 19.7 Å². The molecule has 0 bridgehead atoms. The third kappa shape index (κ3) is 2.56. The first kappa shape index (κ1) is 13.9. The van der Waals surface area contributed by atoms with Crippen LogP contribution in [-0.4, -0.2) is 38.7 Å². The molecule has 5 nitrogen and oxygen atoms in total. The zero-order valence-electron chi connectivity index (χ0n) is 12.5. The summed E-state index contributed by atoms with van der Waals surface area (Å²) in [6, 6.07) is 2.49. The van der Waals surface area contributed by atoms with Gasteiger partial charge in [0.15, 0.2) is 0 Å². The van der Waals surface area contributed by atoms with Crippen LogP contribution in [0.2, 0.25) is 0 Å². The molecule has 0 N–H and O–H groups in total. The molecule has 1 saturated carbocycles. The van der Waals surface area contributed by atoms with Gasteiger partial charge in [0.25, 0.3) is 5.91 Å². The van der Waals surface area contributed by atoms with Crippen LogP contribution < -0.4 is 0 Å². The molecular formula is C16H20N4OS. The summed E-state index contributed by atoms with van der Waals surface area (Å²) in [5, 5.41) is 12.3. The second-order valence-corrected chi connectivity index (χ2v) is 7.17. The summed E-state index contributed by atoms with van der Waals surface area (Å²) in [6.07, 6.45) is 7.95. The number of likely N-dealkylation sites (tertiary alicyclic amines) is 1. The van der Waals surface area contributed by atoms with Gasteiger partial charge in [-0.25, -0.2) is 0 Å². The van der Waals surface area contributed by atoms with E-state index in [9.17, 15) is 4.79 Å². The van der Waals surface area contributed by atoms with E-state index in [1.807, 2.05) is 28.1 Å². The number of thiophene rings is 1. The van der Waals surface area contributed by atoms with Gasteiger partial charge in [0.2, 0.25) is 0 Å². The van der Waals surface area contributed by atoms with Gasteiger partial charge in [-0.1, -0.05) is 12.8 Å². The molecule has 116 valence electrons. The first-order valence-electron chi connectivity index (χ1n) is 8.01. The van der Waals surface area contributed by atoms with E-state index in [1.165, 1.54) is 25.7 Å². The number of hydrogen-bond acceptors (Lipinski definition) is 4. The molecule has 2 aliphatic rings. The molecule has 22 heavy (non-hydrogen) atoms. The number of aromatic nitrogens is 3. The predicted octanol–water partition coefficient (Wildman–Crippen LogP) is 2.77. The minimum Gasteiger partial charge on any atom is -0.338 e. The molecule has 1 aliphatic heterocycles. The molecule has 0 spiro atoms. The van der Waals surface area contributed by atoms with Crippen LogP contribution in [0.25, 0.3) is 0 Å². The van der Waals surface area contributed by atoms with E-state index in [0.717, 1.165) is 30.9 Å².